The monoisotopic (exact) mass is 311 g/mol. The van der Waals surface area contributed by atoms with E-state index in [-0.39, 0.29) is 0 Å². The van der Waals surface area contributed by atoms with Crippen molar-refractivity contribution in [3.8, 4) is 0 Å². The third kappa shape index (κ3) is 5.62. The van der Waals surface area contributed by atoms with Gasteiger partial charge in [0.05, 0.1) is 5.75 Å². The largest absolute Gasteiger partial charge is 0.339 e. The molecule has 1 aliphatic rings. The first-order valence-corrected chi connectivity index (χ1v) is 9.47. The minimum Gasteiger partial charge on any atom is -0.339 e. The molecule has 1 heterocycles. The Morgan fingerprint density at radius 2 is 2.10 bits per heavy atom. The van der Waals surface area contributed by atoms with Crippen molar-refractivity contribution in [3.05, 3.63) is 11.7 Å². The number of nitrogens with zero attached hydrogens (tertiary/aromatic N) is 2. The van der Waals surface area contributed by atoms with Crippen LogP contribution in [-0.2, 0) is 12.2 Å². The van der Waals surface area contributed by atoms with Gasteiger partial charge in [-0.3, -0.25) is 0 Å². The SMILES string of the molecule is CCNC(Cc1nc(CSCC(C)C)no1)C1CCCC1. The molecule has 1 N–H and O–H groups in total. The molecule has 0 spiro atoms. The minimum absolute atomic E-state index is 0.495. The first-order chi connectivity index (χ1) is 10.2. The van der Waals surface area contributed by atoms with Crippen LogP contribution in [0.4, 0.5) is 0 Å². The predicted molar refractivity (Wildman–Crippen MR) is 88.4 cm³/mol. The van der Waals surface area contributed by atoms with Gasteiger partial charge < -0.3 is 9.84 Å². The lowest BCUT2D eigenvalue weighted by Gasteiger charge is -2.22. The van der Waals surface area contributed by atoms with Crippen molar-refractivity contribution in [3.63, 3.8) is 0 Å². The summed E-state index contributed by atoms with van der Waals surface area (Å²) in [6, 6.07) is 0.495. The number of hydrogen-bond acceptors (Lipinski definition) is 5. The average Bonchev–Trinajstić information content (AvgIpc) is 3.09. The standard InChI is InChI=1S/C16H29N3OS/c1-4-17-14(13-7-5-6-8-13)9-16-18-15(19-20-16)11-21-10-12(2)3/h12-14,17H,4-11H2,1-3H3. The maximum absolute atomic E-state index is 5.44. The number of hydrogen-bond donors (Lipinski definition) is 1. The first kappa shape index (κ1) is 16.8. The Bertz CT molecular complexity index is 402. The van der Waals surface area contributed by atoms with E-state index in [1.807, 2.05) is 11.8 Å². The molecule has 1 fully saturated rings. The Balaban J connectivity index is 1.84. The van der Waals surface area contributed by atoms with Crippen molar-refractivity contribution < 1.29 is 4.52 Å². The fourth-order valence-electron chi connectivity index (χ4n) is 3.03. The van der Waals surface area contributed by atoms with Gasteiger partial charge in [-0.2, -0.15) is 16.7 Å². The van der Waals surface area contributed by atoms with Crippen LogP contribution in [0.25, 0.3) is 0 Å². The number of aromatic nitrogens is 2. The lowest BCUT2D eigenvalue weighted by atomic mass is 9.95. The van der Waals surface area contributed by atoms with E-state index in [9.17, 15) is 0 Å². The van der Waals surface area contributed by atoms with Crippen molar-refractivity contribution in [1.29, 1.82) is 0 Å². The average molecular weight is 311 g/mol. The summed E-state index contributed by atoms with van der Waals surface area (Å²) < 4.78 is 5.44. The maximum atomic E-state index is 5.44. The zero-order valence-corrected chi connectivity index (χ0v) is 14.4. The summed E-state index contributed by atoms with van der Waals surface area (Å²) >= 11 is 1.88. The molecule has 1 saturated carbocycles. The Hall–Kier alpha value is -0.550. The van der Waals surface area contributed by atoms with Gasteiger partial charge >= 0.3 is 0 Å². The predicted octanol–water partition coefficient (Wildman–Crippen LogP) is 3.67. The second-order valence-electron chi connectivity index (χ2n) is 6.43. The molecule has 2 rings (SSSR count). The molecule has 1 aromatic heterocycles. The number of nitrogens with one attached hydrogen (secondary N) is 1. The van der Waals surface area contributed by atoms with E-state index >= 15 is 0 Å². The van der Waals surface area contributed by atoms with Gasteiger partial charge in [0.2, 0.25) is 5.89 Å². The van der Waals surface area contributed by atoms with Gasteiger partial charge in [0.15, 0.2) is 5.82 Å². The molecule has 5 heteroatoms. The fourth-order valence-corrected chi connectivity index (χ4v) is 3.92. The summed E-state index contributed by atoms with van der Waals surface area (Å²) in [4.78, 5) is 4.56. The molecule has 0 amide bonds. The normalized spacial score (nSPS) is 17.7. The molecule has 1 unspecified atom stereocenters. The molecule has 21 heavy (non-hydrogen) atoms. The van der Waals surface area contributed by atoms with Crippen LogP contribution in [-0.4, -0.2) is 28.5 Å². The number of thioether (sulfide) groups is 1. The molecule has 0 saturated heterocycles. The van der Waals surface area contributed by atoms with Crippen LogP contribution in [0.15, 0.2) is 4.52 Å². The van der Waals surface area contributed by atoms with Gasteiger partial charge in [0.25, 0.3) is 0 Å². The van der Waals surface area contributed by atoms with E-state index in [4.69, 9.17) is 4.52 Å². The zero-order valence-electron chi connectivity index (χ0n) is 13.6. The fraction of sp³-hybridized carbons (Fsp3) is 0.875. The Morgan fingerprint density at radius 3 is 2.76 bits per heavy atom. The molecule has 0 aliphatic heterocycles. The molecule has 0 bridgehead atoms. The minimum atomic E-state index is 0.495. The molecule has 120 valence electrons. The van der Waals surface area contributed by atoms with E-state index in [2.05, 4.69) is 36.2 Å². The van der Waals surface area contributed by atoms with Gasteiger partial charge in [-0.1, -0.05) is 38.8 Å². The Labute approximate surface area is 132 Å². The van der Waals surface area contributed by atoms with Crippen molar-refractivity contribution >= 4 is 11.8 Å². The highest BCUT2D eigenvalue weighted by Gasteiger charge is 2.26. The third-order valence-corrected chi connectivity index (χ3v) is 5.39. The van der Waals surface area contributed by atoms with E-state index < -0.39 is 0 Å². The van der Waals surface area contributed by atoms with Crippen molar-refractivity contribution in [2.75, 3.05) is 12.3 Å². The second kappa shape index (κ2) is 8.79. The number of rotatable bonds is 9. The molecule has 1 atom stereocenters. The van der Waals surface area contributed by atoms with E-state index in [0.717, 1.165) is 42.1 Å². The molecule has 0 radical (unpaired) electrons. The van der Waals surface area contributed by atoms with Crippen LogP contribution in [0, 0.1) is 11.8 Å². The highest BCUT2D eigenvalue weighted by atomic mass is 32.2. The van der Waals surface area contributed by atoms with Gasteiger partial charge in [-0.15, -0.1) is 0 Å². The van der Waals surface area contributed by atoms with Crippen molar-refractivity contribution in [2.45, 2.75) is 64.7 Å². The van der Waals surface area contributed by atoms with Gasteiger partial charge in [0.1, 0.15) is 0 Å². The lowest BCUT2D eigenvalue weighted by Crippen LogP contribution is -2.37. The Kier molecular flexibility index (Phi) is 7.04. The molecule has 4 nitrogen and oxygen atoms in total. The highest BCUT2D eigenvalue weighted by Crippen LogP contribution is 2.29. The van der Waals surface area contributed by atoms with Gasteiger partial charge in [0, 0.05) is 12.5 Å². The van der Waals surface area contributed by atoms with Gasteiger partial charge in [-0.25, -0.2) is 0 Å². The third-order valence-electron chi connectivity index (χ3n) is 4.02. The van der Waals surface area contributed by atoms with Crippen LogP contribution >= 0.6 is 11.8 Å². The quantitative estimate of drug-likeness (QED) is 0.754. The lowest BCUT2D eigenvalue weighted by molar-refractivity contribution is 0.310. The zero-order chi connectivity index (χ0) is 15.1. The summed E-state index contributed by atoms with van der Waals surface area (Å²) in [5.41, 5.74) is 0. The summed E-state index contributed by atoms with van der Waals surface area (Å²) in [6.07, 6.45) is 6.28. The molecule has 0 aromatic carbocycles. The van der Waals surface area contributed by atoms with Gasteiger partial charge in [-0.05, 0) is 37.0 Å². The molecular weight excluding hydrogens is 282 g/mol. The second-order valence-corrected chi connectivity index (χ2v) is 7.46. The van der Waals surface area contributed by atoms with E-state index in [1.165, 1.54) is 25.7 Å². The molecular formula is C16H29N3OS. The number of likely N-dealkylation sites (N-methyl/N-ethyl adjacent to an activating group) is 1. The summed E-state index contributed by atoms with van der Waals surface area (Å²) in [5, 5.41) is 7.73. The summed E-state index contributed by atoms with van der Waals surface area (Å²) in [6.45, 7) is 7.64. The van der Waals surface area contributed by atoms with Crippen molar-refractivity contribution in [2.24, 2.45) is 11.8 Å². The van der Waals surface area contributed by atoms with Crippen LogP contribution < -0.4 is 5.32 Å². The molecule has 1 aromatic rings. The molecule has 1 aliphatic carbocycles. The van der Waals surface area contributed by atoms with Crippen molar-refractivity contribution in [1.82, 2.24) is 15.5 Å². The summed E-state index contributed by atoms with van der Waals surface area (Å²) in [7, 11) is 0. The van der Waals surface area contributed by atoms with Crippen LogP contribution in [0.1, 0.15) is 58.2 Å². The Morgan fingerprint density at radius 1 is 1.33 bits per heavy atom. The highest BCUT2D eigenvalue weighted by molar-refractivity contribution is 7.98. The smallest absolute Gasteiger partial charge is 0.228 e. The first-order valence-electron chi connectivity index (χ1n) is 8.31. The summed E-state index contributed by atoms with van der Waals surface area (Å²) in [5.74, 6) is 5.13. The van der Waals surface area contributed by atoms with E-state index in [0.29, 0.717) is 12.0 Å². The van der Waals surface area contributed by atoms with Crippen LogP contribution in [0.2, 0.25) is 0 Å². The maximum Gasteiger partial charge on any atom is 0.228 e. The van der Waals surface area contributed by atoms with Crippen LogP contribution in [0.3, 0.4) is 0 Å². The topological polar surface area (TPSA) is 51.0 Å². The van der Waals surface area contributed by atoms with E-state index in [1.54, 1.807) is 0 Å². The van der Waals surface area contributed by atoms with Crippen LogP contribution in [0.5, 0.6) is 0 Å².